The minimum atomic E-state index is -0.751. The number of nitrogens with zero attached hydrogens (tertiary/aromatic N) is 1. The summed E-state index contributed by atoms with van der Waals surface area (Å²) in [4.78, 5) is 22.3. The third-order valence-corrected chi connectivity index (χ3v) is 3.07. The summed E-state index contributed by atoms with van der Waals surface area (Å²) in [6.45, 7) is 5.56. The minimum absolute atomic E-state index is 0.0579. The number of non-ortho nitro benzene ring substituents is 1. The van der Waals surface area contributed by atoms with Crippen LogP contribution in [-0.2, 0) is 0 Å². The summed E-state index contributed by atoms with van der Waals surface area (Å²) in [5, 5.41) is 13.4. The third-order valence-electron chi connectivity index (χ3n) is 3.07. The Morgan fingerprint density at radius 2 is 2.10 bits per heavy atom. The third kappa shape index (κ3) is 4.49. The number of benzene rings is 1. The van der Waals surface area contributed by atoms with E-state index in [0.717, 1.165) is 12.1 Å². The van der Waals surface area contributed by atoms with E-state index in [-0.39, 0.29) is 29.4 Å². The van der Waals surface area contributed by atoms with Crippen LogP contribution < -0.4 is 11.1 Å². The van der Waals surface area contributed by atoms with Gasteiger partial charge in [-0.1, -0.05) is 13.8 Å². The Morgan fingerprint density at radius 1 is 1.48 bits per heavy atom. The minimum Gasteiger partial charge on any atom is -0.348 e. The number of nitro benzene ring substituents is 1. The molecule has 1 aromatic rings. The number of nitrogens with two attached hydrogens (primary N) is 1. The zero-order valence-corrected chi connectivity index (χ0v) is 12.4. The number of carbonyl (C=O) groups is 1. The van der Waals surface area contributed by atoms with E-state index in [1.807, 2.05) is 13.8 Å². The lowest BCUT2D eigenvalue weighted by atomic mass is 10.0. The van der Waals surface area contributed by atoms with Crippen LogP contribution in [-0.4, -0.2) is 23.4 Å². The van der Waals surface area contributed by atoms with Crippen molar-refractivity contribution in [1.29, 1.82) is 0 Å². The predicted octanol–water partition coefficient (Wildman–Crippen LogP) is 2.15. The van der Waals surface area contributed by atoms with E-state index in [0.29, 0.717) is 12.3 Å². The van der Waals surface area contributed by atoms with Gasteiger partial charge in [-0.2, -0.15) is 0 Å². The number of nitrogens with one attached hydrogen (secondary N) is 1. The fourth-order valence-electron chi connectivity index (χ4n) is 2.07. The van der Waals surface area contributed by atoms with Crippen molar-refractivity contribution in [2.75, 3.05) is 6.54 Å². The number of amides is 1. The van der Waals surface area contributed by atoms with Crippen molar-refractivity contribution in [1.82, 2.24) is 5.32 Å². The van der Waals surface area contributed by atoms with Gasteiger partial charge >= 0.3 is 0 Å². The van der Waals surface area contributed by atoms with E-state index >= 15 is 0 Å². The van der Waals surface area contributed by atoms with E-state index in [4.69, 9.17) is 5.73 Å². The lowest BCUT2D eigenvalue weighted by Gasteiger charge is -2.19. The van der Waals surface area contributed by atoms with Crippen LogP contribution in [0.5, 0.6) is 0 Å². The van der Waals surface area contributed by atoms with Gasteiger partial charge in [0.05, 0.1) is 10.5 Å². The van der Waals surface area contributed by atoms with Crippen molar-refractivity contribution >= 4 is 11.6 Å². The highest BCUT2D eigenvalue weighted by molar-refractivity contribution is 5.95. The Morgan fingerprint density at radius 3 is 2.57 bits per heavy atom. The summed E-state index contributed by atoms with van der Waals surface area (Å²) in [6.07, 6.45) is 0.651. The molecule has 0 saturated heterocycles. The zero-order valence-electron chi connectivity index (χ0n) is 12.4. The second-order valence-corrected chi connectivity index (χ2v) is 5.42. The first-order valence-corrected chi connectivity index (χ1v) is 6.71. The summed E-state index contributed by atoms with van der Waals surface area (Å²) >= 11 is 0. The van der Waals surface area contributed by atoms with E-state index in [2.05, 4.69) is 5.32 Å². The predicted molar refractivity (Wildman–Crippen MR) is 77.6 cm³/mol. The average molecular weight is 297 g/mol. The monoisotopic (exact) mass is 297 g/mol. The maximum Gasteiger partial charge on any atom is 0.270 e. The summed E-state index contributed by atoms with van der Waals surface area (Å²) in [6, 6.07) is 1.75. The van der Waals surface area contributed by atoms with Crippen molar-refractivity contribution in [2.24, 2.45) is 11.7 Å². The van der Waals surface area contributed by atoms with Crippen molar-refractivity contribution in [3.63, 3.8) is 0 Å². The maximum absolute atomic E-state index is 14.0. The molecule has 3 N–H and O–H groups in total. The fraction of sp³-hybridized carbons (Fsp3) is 0.500. The van der Waals surface area contributed by atoms with Crippen LogP contribution in [0.2, 0.25) is 0 Å². The van der Waals surface area contributed by atoms with Crippen molar-refractivity contribution < 1.29 is 14.1 Å². The number of hydrogen-bond acceptors (Lipinski definition) is 4. The number of halogens is 1. The maximum atomic E-state index is 14.0. The SMILES string of the molecule is Cc1cc([N+](=O)[O-])cc(C(=O)NC(CN)CC(C)C)c1F. The van der Waals surface area contributed by atoms with Gasteiger partial charge in [-0.15, -0.1) is 0 Å². The van der Waals surface area contributed by atoms with E-state index in [9.17, 15) is 19.3 Å². The van der Waals surface area contributed by atoms with Crippen LogP contribution in [0.25, 0.3) is 0 Å². The van der Waals surface area contributed by atoms with Crippen LogP contribution in [0.1, 0.15) is 36.2 Å². The molecular formula is C14H20FN3O3. The van der Waals surface area contributed by atoms with Crippen LogP contribution >= 0.6 is 0 Å². The molecule has 0 aliphatic heterocycles. The number of aryl methyl sites for hydroxylation is 1. The molecule has 116 valence electrons. The highest BCUT2D eigenvalue weighted by atomic mass is 19.1. The molecule has 1 amide bonds. The Kier molecular flexibility index (Phi) is 5.78. The molecule has 1 unspecified atom stereocenters. The molecule has 7 heteroatoms. The second kappa shape index (κ2) is 7.12. The Labute approximate surface area is 122 Å². The molecule has 0 heterocycles. The highest BCUT2D eigenvalue weighted by Gasteiger charge is 2.21. The van der Waals surface area contributed by atoms with E-state index in [1.54, 1.807) is 0 Å². The van der Waals surface area contributed by atoms with Gasteiger partial charge < -0.3 is 11.1 Å². The lowest BCUT2D eigenvalue weighted by Crippen LogP contribution is -2.41. The smallest absolute Gasteiger partial charge is 0.270 e. The van der Waals surface area contributed by atoms with Crippen LogP contribution in [0.15, 0.2) is 12.1 Å². The fourth-order valence-corrected chi connectivity index (χ4v) is 2.07. The molecule has 0 aliphatic carbocycles. The van der Waals surface area contributed by atoms with Gasteiger partial charge in [-0.05, 0) is 24.8 Å². The van der Waals surface area contributed by atoms with E-state index < -0.39 is 16.6 Å². The molecule has 21 heavy (non-hydrogen) atoms. The molecule has 0 radical (unpaired) electrons. The summed E-state index contributed by atoms with van der Waals surface area (Å²) < 4.78 is 14.0. The van der Waals surface area contributed by atoms with Crippen molar-refractivity contribution in [3.8, 4) is 0 Å². The first-order valence-electron chi connectivity index (χ1n) is 6.71. The van der Waals surface area contributed by atoms with E-state index in [1.165, 1.54) is 6.92 Å². The van der Waals surface area contributed by atoms with Gasteiger partial charge in [0.25, 0.3) is 11.6 Å². The number of carbonyl (C=O) groups excluding carboxylic acids is 1. The number of nitro groups is 1. The molecule has 1 aromatic carbocycles. The molecule has 6 nitrogen and oxygen atoms in total. The molecule has 0 aromatic heterocycles. The Balaban J connectivity index is 3.03. The standard InChI is InChI=1S/C14H20FN3O3/c1-8(2)4-10(7-16)17-14(19)12-6-11(18(20)21)5-9(3)13(12)15/h5-6,8,10H,4,7,16H2,1-3H3,(H,17,19). The highest BCUT2D eigenvalue weighted by Crippen LogP contribution is 2.21. The Bertz CT molecular complexity index is 547. The van der Waals surface area contributed by atoms with Gasteiger partial charge in [-0.3, -0.25) is 14.9 Å². The van der Waals surface area contributed by atoms with Crippen LogP contribution in [0, 0.1) is 28.8 Å². The molecule has 0 spiro atoms. The van der Waals surface area contributed by atoms with Gasteiger partial charge in [0.1, 0.15) is 5.82 Å². The van der Waals surface area contributed by atoms with Crippen molar-refractivity contribution in [2.45, 2.75) is 33.2 Å². The molecule has 0 fully saturated rings. The quantitative estimate of drug-likeness (QED) is 0.621. The number of rotatable bonds is 6. The topological polar surface area (TPSA) is 98.3 Å². The summed E-state index contributed by atoms with van der Waals surface area (Å²) in [5.74, 6) is -1.12. The van der Waals surface area contributed by atoms with Gasteiger partial charge in [0, 0.05) is 24.7 Å². The molecule has 1 rings (SSSR count). The lowest BCUT2D eigenvalue weighted by molar-refractivity contribution is -0.385. The second-order valence-electron chi connectivity index (χ2n) is 5.42. The zero-order chi connectivity index (χ0) is 16.2. The number of hydrogen-bond donors (Lipinski definition) is 2. The average Bonchev–Trinajstić information content (AvgIpc) is 2.39. The molecule has 0 aliphatic rings. The normalized spacial score (nSPS) is 12.3. The first kappa shape index (κ1) is 17.0. The molecule has 0 bridgehead atoms. The first-order chi connectivity index (χ1) is 9.76. The molecule has 0 saturated carbocycles. The summed E-state index contributed by atoms with van der Waals surface area (Å²) in [7, 11) is 0. The summed E-state index contributed by atoms with van der Waals surface area (Å²) in [5.41, 5.74) is 4.99. The van der Waals surface area contributed by atoms with Crippen LogP contribution in [0.4, 0.5) is 10.1 Å². The van der Waals surface area contributed by atoms with Crippen molar-refractivity contribution in [3.05, 3.63) is 39.2 Å². The molecular weight excluding hydrogens is 277 g/mol. The van der Waals surface area contributed by atoms with Gasteiger partial charge in [0.2, 0.25) is 0 Å². The Hall–Kier alpha value is -2.02. The molecule has 1 atom stereocenters. The van der Waals surface area contributed by atoms with Gasteiger partial charge in [-0.25, -0.2) is 4.39 Å². The van der Waals surface area contributed by atoms with Crippen LogP contribution in [0.3, 0.4) is 0 Å². The van der Waals surface area contributed by atoms with Gasteiger partial charge in [0.15, 0.2) is 0 Å². The largest absolute Gasteiger partial charge is 0.348 e.